The Balaban J connectivity index is 1.68. The lowest BCUT2D eigenvalue weighted by Gasteiger charge is -2.27. The van der Waals surface area contributed by atoms with Gasteiger partial charge in [0.1, 0.15) is 17.4 Å². The highest BCUT2D eigenvalue weighted by molar-refractivity contribution is 7.85. The van der Waals surface area contributed by atoms with Gasteiger partial charge in [0.05, 0.1) is 0 Å². The number of aromatic nitrogens is 4. The van der Waals surface area contributed by atoms with Gasteiger partial charge in [0.15, 0.2) is 11.6 Å². The molecule has 1 aliphatic rings. The highest BCUT2D eigenvalue weighted by atomic mass is 35.5. The van der Waals surface area contributed by atoms with Crippen LogP contribution in [-0.4, -0.2) is 48.7 Å². The third-order valence-electron chi connectivity index (χ3n) is 4.32. The molecule has 3 heterocycles. The van der Waals surface area contributed by atoms with Crippen molar-refractivity contribution in [2.24, 2.45) is 0 Å². The largest absolute Gasteiger partial charge is 0.364 e. The molecule has 0 saturated carbocycles. The number of halogens is 2. The maximum Gasteiger partial charge on any atom is 0.225 e. The molecule has 4 rings (SSSR count). The summed E-state index contributed by atoms with van der Waals surface area (Å²) in [5.74, 6) is 2.41. The molecule has 1 N–H and O–H groups in total. The smallest absolute Gasteiger partial charge is 0.225 e. The normalized spacial score (nSPS) is 15.3. The van der Waals surface area contributed by atoms with E-state index in [1.54, 1.807) is 0 Å². The monoisotopic (exact) mass is 422 g/mol. The Morgan fingerprint density at radius 3 is 2.63 bits per heavy atom. The van der Waals surface area contributed by atoms with E-state index in [9.17, 15) is 4.21 Å². The zero-order valence-electron chi connectivity index (χ0n) is 14.2. The molecule has 0 bridgehead atoms. The zero-order chi connectivity index (χ0) is 18.8. The molecule has 1 fully saturated rings. The van der Waals surface area contributed by atoms with Crippen molar-refractivity contribution in [3.8, 4) is 0 Å². The molecule has 1 aliphatic heterocycles. The highest BCUT2D eigenvalue weighted by Gasteiger charge is 2.22. The molecule has 140 valence electrons. The summed E-state index contributed by atoms with van der Waals surface area (Å²) in [6.45, 7) is 1.77. The first-order valence-electron chi connectivity index (χ1n) is 8.37. The van der Waals surface area contributed by atoms with Crippen LogP contribution in [0.1, 0.15) is 5.56 Å². The van der Waals surface area contributed by atoms with Crippen molar-refractivity contribution in [3.05, 3.63) is 46.5 Å². The van der Waals surface area contributed by atoms with Crippen LogP contribution in [0.25, 0.3) is 11.0 Å². The van der Waals surface area contributed by atoms with E-state index in [4.69, 9.17) is 23.2 Å². The van der Waals surface area contributed by atoms with E-state index in [-0.39, 0.29) is 5.28 Å². The van der Waals surface area contributed by atoms with Crippen LogP contribution in [0.5, 0.6) is 0 Å². The molecule has 2 aromatic heterocycles. The van der Waals surface area contributed by atoms with E-state index in [2.05, 4.69) is 25.3 Å². The van der Waals surface area contributed by atoms with E-state index in [0.29, 0.717) is 58.8 Å². The van der Waals surface area contributed by atoms with Crippen molar-refractivity contribution in [1.29, 1.82) is 0 Å². The molecular formula is C17H16Cl2N6OS. The molecular weight excluding hydrogens is 407 g/mol. The van der Waals surface area contributed by atoms with Gasteiger partial charge in [-0.05, 0) is 23.2 Å². The summed E-state index contributed by atoms with van der Waals surface area (Å²) in [6, 6.07) is 7.60. The maximum absolute atomic E-state index is 11.7. The summed E-state index contributed by atoms with van der Waals surface area (Å²) < 4.78 is 11.7. The number of nitrogens with zero attached hydrogens (tertiary/aromatic N) is 5. The molecule has 0 amide bonds. The molecule has 10 heteroatoms. The molecule has 1 aromatic carbocycles. The van der Waals surface area contributed by atoms with Crippen molar-refractivity contribution in [3.63, 3.8) is 0 Å². The third-order valence-corrected chi connectivity index (χ3v) is 6.13. The molecule has 0 unspecified atom stereocenters. The van der Waals surface area contributed by atoms with Crippen molar-refractivity contribution in [1.82, 2.24) is 19.9 Å². The average Bonchev–Trinajstić information content (AvgIpc) is 2.67. The van der Waals surface area contributed by atoms with Gasteiger partial charge in [-0.15, -0.1) is 0 Å². The minimum atomic E-state index is -0.780. The fourth-order valence-corrected chi connectivity index (χ4v) is 4.35. The summed E-state index contributed by atoms with van der Waals surface area (Å²) in [6.07, 6.45) is 1.47. The topological polar surface area (TPSA) is 83.9 Å². The average molecular weight is 423 g/mol. The lowest BCUT2D eigenvalue weighted by atomic mass is 10.2. The first kappa shape index (κ1) is 18.3. The zero-order valence-corrected chi connectivity index (χ0v) is 16.6. The molecule has 0 atom stereocenters. The molecule has 0 spiro atoms. The lowest BCUT2D eigenvalue weighted by Crippen LogP contribution is -2.38. The van der Waals surface area contributed by atoms with Crippen molar-refractivity contribution in [2.75, 3.05) is 34.8 Å². The van der Waals surface area contributed by atoms with Gasteiger partial charge < -0.3 is 10.2 Å². The number of nitrogens with one attached hydrogen (secondary N) is 1. The van der Waals surface area contributed by atoms with Crippen LogP contribution in [0.15, 0.2) is 30.6 Å². The van der Waals surface area contributed by atoms with Crippen molar-refractivity contribution < 1.29 is 4.21 Å². The van der Waals surface area contributed by atoms with E-state index in [0.717, 1.165) is 5.56 Å². The number of anilines is 2. The number of fused-ring (bicyclic) bond motifs is 1. The van der Waals surface area contributed by atoms with Gasteiger partial charge in [-0.2, -0.15) is 4.98 Å². The first-order chi connectivity index (χ1) is 13.1. The van der Waals surface area contributed by atoms with Gasteiger partial charge in [-0.3, -0.25) is 4.21 Å². The van der Waals surface area contributed by atoms with E-state index >= 15 is 0 Å². The second-order valence-corrected chi connectivity index (χ2v) is 8.46. The van der Waals surface area contributed by atoms with E-state index in [1.165, 1.54) is 6.33 Å². The predicted molar refractivity (Wildman–Crippen MR) is 109 cm³/mol. The van der Waals surface area contributed by atoms with Gasteiger partial charge in [0, 0.05) is 47.0 Å². The summed E-state index contributed by atoms with van der Waals surface area (Å²) >= 11 is 12.4. The van der Waals surface area contributed by atoms with Crippen LogP contribution < -0.4 is 10.2 Å². The lowest BCUT2D eigenvalue weighted by molar-refractivity contribution is 0.672. The Kier molecular flexibility index (Phi) is 5.38. The van der Waals surface area contributed by atoms with Gasteiger partial charge in [0.25, 0.3) is 0 Å². The Bertz CT molecular complexity index is 1010. The third kappa shape index (κ3) is 3.97. The Hall–Kier alpha value is -2.03. The molecule has 3 aromatic rings. The van der Waals surface area contributed by atoms with Crippen LogP contribution in [0.3, 0.4) is 0 Å². The first-order valence-corrected chi connectivity index (χ1v) is 10.6. The van der Waals surface area contributed by atoms with Gasteiger partial charge in [0.2, 0.25) is 5.28 Å². The Labute approximate surface area is 168 Å². The number of hydrogen-bond donors (Lipinski definition) is 1. The van der Waals surface area contributed by atoms with Crippen LogP contribution in [0.2, 0.25) is 10.3 Å². The summed E-state index contributed by atoms with van der Waals surface area (Å²) in [7, 11) is -0.780. The Morgan fingerprint density at radius 1 is 1.07 bits per heavy atom. The maximum atomic E-state index is 11.7. The molecule has 0 radical (unpaired) electrons. The minimum Gasteiger partial charge on any atom is -0.364 e. The van der Waals surface area contributed by atoms with Crippen LogP contribution >= 0.6 is 23.2 Å². The van der Waals surface area contributed by atoms with Crippen LogP contribution in [0.4, 0.5) is 11.6 Å². The SMILES string of the molecule is O=S1CCN(c2nc(Cl)nc3c(NCc4ccccc4Cl)ncnc23)CC1. The predicted octanol–water partition coefficient (Wildman–Crippen LogP) is 2.91. The molecule has 0 aliphatic carbocycles. The second-order valence-electron chi connectivity index (χ2n) is 6.02. The fraction of sp³-hybridized carbons (Fsp3) is 0.294. The van der Waals surface area contributed by atoms with Crippen LogP contribution in [-0.2, 0) is 17.3 Å². The van der Waals surface area contributed by atoms with E-state index in [1.807, 2.05) is 29.2 Å². The minimum absolute atomic E-state index is 0.125. The quantitative estimate of drug-likeness (QED) is 0.646. The van der Waals surface area contributed by atoms with Gasteiger partial charge in [-0.25, -0.2) is 15.0 Å². The van der Waals surface area contributed by atoms with Crippen molar-refractivity contribution >= 4 is 56.7 Å². The van der Waals surface area contributed by atoms with Gasteiger partial charge >= 0.3 is 0 Å². The second kappa shape index (κ2) is 7.92. The highest BCUT2D eigenvalue weighted by Crippen LogP contribution is 2.28. The molecule has 7 nitrogen and oxygen atoms in total. The van der Waals surface area contributed by atoms with Crippen LogP contribution in [0, 0.1) is 0 Å². The molecule has 27 heavy (non-hydrogen) atoms. The summed E-state index contributed by atoms with van der Waals surface area (Å²) in [5.41, 5.74) is 2.11. The summed E-state index contributed by atoms with van der Waals surface area (Å²) in [4.78, 5) is 19.4. The number of rotatable bonds is 4. The standard InChI is InChI=1S/C17H16Cl2N6OS/c18-12-4-2-1-3-11(12)9-20-15-13-14(21-10-22-15)16(24-17(19)23-13)25-5-7-27(26)8-6-25/h1-4,10H,5-9H2,(H,20,21,22). The summed E-state index contributed by atoms with van der Waals surface area (Å²) in [5, 5.41) is 4.06. The fourth-order valence-electron chi connectivity index (χ4n) is 2.93. The molecule has 1 saturated heterocycles. The van der Waals surface area contributed by atoms with Crippen molar-refractivity contribution in [2.45, 2.75) is 6.54 Å². The van der Waals surface area contributed by atoms with E-state index < -0.39 is 10.8 Å². The Morgan fingerprint density at radius 2 is 1.85 bits per heavy atom. The number of benzene rings is 1. The van der Waals surface area contributed by atoms with Gasteiger partial charge in [-0.1, -0.05) is 29.8 Å². The number of hydrogen-bond acceptors (Lipinski definition) is 7.